The maximum atomic E-state index is 12.3. The Morgan fingerprint density at radius 3 is 2.10 bits per heavy atom. The predicted molar refractivity (Wildman–Crippen MR) is 82.4 cm³/mol. The first-order chi connectivity index (χ1) is 8.97. The van der Waals surface area contributed by atoms with E-state index in [1.807, 2.05) is 0 Å². The number of carbonyl (C=O) groups is 2. The van der Waals surface area contributed by atoms with E-state index in [0.717, 1.165) is 6.42 Å². The molecule has 3 nitrogen and oxygen atoms in total. The maximum Gasteiger partial charge on any atom is 0.309 e. The normalized spacial score (nSPS) is 13.7. The topological polar surface area (TPSA) is 43.4 Å². The molecule has 0 spiro atoms. The molecule has 0 aliphatic rings. The summed E-state index contributed by atoms with van der Waals surface area (Å²) in [5, 5.41) is 0. The SMILES string of the molecule is C=CC(=O)CCCOC(=O)C(CC(C)(C)C)C(C)(C)C. The van der Waals surface area contributed by atoms with Crippen molar-refractivity contribution in [3.05, 3.63) is 12.7 Å². The minimum Gasteiger partial charge on any atom is -0.465 e. The lowest BCUT2D eigenvalue weighted by molar-refractivity contribution is -0.154. The van der Waals surface area contributed by atoms with Crippen LogP contribution in [-0.2, 0) is 14.3 Å². The highest BCUT2D eigenvalue weighted by atomic mass is 16.5. The van der Waals surface area contributed by atoms with Crippen LogP contribution in [0.1, 0.15) is 60.8 Å². The van der Waals surface area contributed by atoms with Crippen LogP contribution >= 0.6 is 0 Å². The van der Waals surface area contributed by atoms with E-state index in [-0.39, 0.29) is 28.5 Å². The zero-order chi connectivity index (χ0) is 16.0. The summed E-state index contributed by atoms with van der Waals surface area (Å²) in [7, 11) is 0. The molecule has 1 atom stereocenters. The van der Waals surface area contributed by atoms with E-state index in [9.17, 15) is 9.59 Å². The van der Waals surface area contributed by atoms with E-state index >= 15 is 0 Å². The van der Waals surface area contributed by atoms with E-state index in [4.69, 9.17) is 4.74 Å². The second-order valence-corrected chi connectivity index (χ2v) is 7.62. The van der Waals surface area contributed by atoms with Crippen LogP contribution in [0.2, 0.25) is 0 Å². The highest BCUT2D eigenvalue weighted by molar-refractivity contribution is 5.88. The third kappa shape index (κ3) is 8.13. The number of esters is 1. The largest absolute Gasteiger partial charge is 0.465 e. The lowest BCUT2D eigenvalue weighted by Gasteiger charge is -2.33. The Kier molecular flexibility index (Phi) is 7.18. The van der Waals surface area contributed by atoms with Crippen LogP contribution in [0.15, 0.2) is 12.7 Å². The molecular weight excluding hydrogens is 252 g/mol. The quantitative estimate of drug-likeness (QED) is 0.400. The summed E-state index contributed by atoms with van der Waals surface area (Å²) in [6, 6.07) is 0. The molecule has 0 fully saturated rings. The third-order valence-corrected chi connectivity index (χ3v) is 3.19. The van der Waals surface area contributed by atoms with Crippen molar-refractivity contribution in [3.63, 3.8) is 0 Å². The number of rotatable bonds is 7. The summed E-state index contributed by atoms with van der Waals surface area (Å²) in [6.45, 7) is 16.3. The molecule has 0 aromatic carbocycles. The zero-order valence-electron chi connectivity index (χ0n) is 13.9. The monoisotopic (exact) mass is 282 g/mol. The van der Waals surface area contributed by atoms with Gasteiger partial charge in [-0.15, -0.1) is 0 Å². The van der Waals surface area contributed by atoms with Crippen LogP contribution < -0.4 is 0 Å². The molecule has 0 amide bonds. The number of hydrogen-bond donors (Lipinski definition) is 0. The summed E-state index contributed by atoms with van der Waals surface area (Å²) in [5.74, 6) is -0.292. The lowest BCUT2D eigenvalue weighted by Crippen LogP contribution is -2.33. The number of ether oxygens (including phenoxy) is 1. The average Bonchev–Trinajstić information content (AvgIpc) is 2.28. The molecule has 0 N–H and O–H groups in total. The maximum absolute atomic E-state index is 12.3. The fourth-order valence-electron chi connectivity index (χ4n) is 1.98. The highest BCUT2D eigenvalue weighted by Gasteiger charge is 2.35. The number of carbonyl (C=O) groups excluding carboxylic acids is 2. The van der Waals surface area contributed by atoms with E-state index in [1.54, 1.807) is 0 Å². The minimum atomic E-state index is -0.154. The number of ketones is 1. The molecule has 3 heteroatoms. The molecule has 0 aliphatic heterocycles. The Bertz CT molecular complexity index is 342. The lowest BCUT2D eigenvalue weighted by atomic mass is 9.72. The van der Waals surface area contributed by atoms with Crippen molar-refractivity contribution in [2.75, 3.05) is 6.61 Å². The van der Waals surface area contributed by atoms with Crippen molar-refractivity contribution < 1.29 is 14.3 Å². The highest BCUT2D eigenvalue weighted by Crippen LogP contribution is 2.36. The van der Waals surface area contributed by atoms with Gasteiger partial charge in [-0.2, -0.15) is 0 Å². The van der Waals surface area contributed by atoms with Gasteiger partial charge in [0.15, 0.2) is 5.78 Å². The molecule has 0 aliphatic carbocycles. The third-order valence-electron chi connectivity index (χ3n) is 3.19. The van der Waals surface area contributed by atoms with Crippen LogP contribution in [0, 0.1) is 16.7 Å². The number of hydrogen-bond acceptors (Lipinski definition) is 3. The molecule has 0 bridgehead atoms. The zero-order valence-corrected chi connectivity index (χ0v) is 13.9. The Morgan fingerprint density at radius 2 is 1.70 bits per heavy atom. The smallest absolute Gasteiger partial charge is 0.309 e. The molecule has 0 aromatic rings. The standard InChI is InChI=1S/C17H30O3/c1-8-13(18)10-9-11-20-15(19)14(17(5,6)7)12-16(2,3)4/h8,14H,1,9-12H2,2-7H3. The molecule has 0 aromatic heterocycles. The van der Waals surface area contributed by atoms with Crippen molar-refractivity contribution in [1.29, 1.82) is 0 Å². The summed E-state index contributed by atoms with van der Waals surface area (Å²) in [5.41, 5.74) is -0.0446. The van der Waals surface area contributed by atoms with Crippen LogP contribution in [0.25, 0.3) is 0 Å². The summed E-state index contributed by atoms with van der Waals surface area (Å²) < 4.78 is 5.35. The predicted octanol–water partition coefficient (Wildman–Crippen LogP) is 4.16. The van der Waals surface area contributed by atoms with E-state index < -0.39 is 0 Å². The van der Waals surface area contributed by atoms with Crippen LogP contribution in [-0.4, -0.2) is 18.4 Å². The second-order valence-electron chi connectivity index (χ2n) is 7.62. The molecular formula is C17H30O3. The van der Waals surface area contributed by atoms with Crippen molar-refractivity contribution in [1.82, 2.24) is 0 Å². The van der Waals surface area contributed by atoms with Gasteiger partial charge in [-0.05, 0) is 29.7 Å². The van der Waals surface area contributed by atoms with Crippen molar-refractivity contribution in [2.24, 2.45) is 16.7 Å². The van der Waals surface area contributed by atoms with Gasteiger partial charge in [0.05, 0.1) is 12.5 Å². The van der Waals surface area contributed by atoms with Gasteiger partial charge in [0.1, 0.15) is 0 Å². The molecule has 0 rings (SSSR count). The Balaban J connectivity index is 4.43. The molecule has 1 unspecified atom stereocenters. The fourth-order valence-corrected chi connectivity index (χ4v) is 1.98. The minimum absolute atomic E-state index is 0.0110. The van der Waals surface area contributed by atoms with Gasteiger partial charge in [-0.3, -0.25) is 9.59 Å². The summed E-state index contributed by atoms with van der Waals surface area (Å²) in [6.07, 6.45) is 3.04. The molecule has 20 heavy (non-hydrogen) atoms. The molecule has 0 heterocycles. The Morgan fingerprint density at radius 1 is 1.15 bits per heavy atom. The van der Waals surface area contributed by atoms with E-state index in [2.05, 4.69) is 48.1 Å². The second kappa shape index (κ2) is 7.61. The first kappa shape index (κ1) is 18.9. The average molecular weight is 282 g/mol. The van der Waals surface area contributed by atoms with Crippen LogP contribution in [0.3, 0.4) is 0 Å². The van der Waals surface area contributed by atoms with Gasteiger partial charge in [0.25, 0.3) is 0 Å². The van der Waals surface area contributed by atoms with E-state index in [1.165, 1.54) is 6.08 Å². The summed E-state index contributed by atoms with van der Waals surface area (Å²) in [4.78, 5) is 23.3. The fraction of sp³-hybridized carbons (Fsp3) is 0.765. The molecule has 116 valence electrons. The first-order valence-electron chi connectivity index (χ1n) is 7.29. The van der Waals surface area contributed by atoms with Gasteiger partial charge in [0.2, 0.25) is 0 Å². The summed E-state index contributed by atoms with van der Waals surface area (Å²) >= 11 is 0. The van der Waals surface area contributed by atoms with Gasteiger partial charge in [-0.25, -0.2) is 0 Å². The van der Waals surface area contributed by atoms with Gasteiger partial charge < -0.3 is 4.74 Å². The van der Waals surface area contributed by atoms with Crippen LogP contribution in [0.4, 0.5) is 0 Å². The first-order valence-corrected chi connectivity index (χ1v) is 7.29. The molecule has 0 saturated carbocycles. The number of allylic oxidation sites excluding steroid dienone is 1. The molecule has 0 radical (unpaired) electrons. The van der Waals surface area contributed by atoms with Gasteiger partial charge >= 0.3 is 5.97 Å². The molecule has 0 saturated heterocycles. The van der Waals surface area contributed by atoms with Crippen molar-refractivity contribution in [3.8, 4) is 0 Å². The Labute approximate surface area is 123 Å². The van der Waals surface area contributed by atoms with Crippen LogP contribution in [0.5, 0.6) is 0 Å². The Hall–Kier alpha value is -1.12. The van der Waals surface area contributed by atoms with Crippen molar-refractivity contribution in [2.45, 2.75) is 60.8 Å². The van der Waals surface area contributed by atoms with Gasteiger partial charge in [-0.1, -0.05) is 48.1 Å². The van der Waals surface area contributed by atoms with Gasteiger partial charge in [0, 0.05) is 6.42 Å². The van der Waals surface area contributed by atoms with E-state index in [0.29, 0.717) is 19.4 Å². The van der Waals surface area contributed by atoms with Crippen molar-refractivity contribution >= 4 is 11.8 Å².